The maximum absolute atomic E-state index is 14.7. The molecule has 3 aromatic rings. The first-order chi connectivity index (χ1) is 13.7. The first-order valence-corrected chi connectivity index (χ1v) is 9.88. The van der Waals surface area contributed by atoms with Crippen molar-refractivity contribution >= 4 is 16.8 Å². The molecule has 1 unspecified atom stereocenters. The van der Waals surface area contributed by atoms with Gasteiger partial charge in [0, 0.05) is 42.5 Å². The average Bonchev–Trinajstić information content (AvgIpc) is 3.17. The van der Waals surface area contributed by atoms with E-state index in [9.17, 15) is 9.18 Å². The standard InChI is InChI=1S/C23H25FN2O2/c1-2-16-6-5-8-18-20(15-25-23(16)18)19(17-7-3-4-9-21(17)24)14-22(27)26-10-12-28-13-11-26/h3-9,15,19,25H,2,10-14H2,1H3. The minimum absolute atomic E-state index is 0.0394. The molecule has 4 nitrogen and oxygen atoms in total. The molecule has 5 heteroatoms. The van der Waals surface area contributed by atoms with Gasteiger partial charge < -0.3 is 14.6 Å². The molecule has 1 atom stereocenters. The van der Waals surface area contributed by atoms with Crippen molar-refractivity contribution in [3.05, 3.63) is 71.2 Å². The lowest BCUT2D eigenvalue weighted by atomic mass is 9.87. The molecule has 1 fully saturated rings. The number of carbonyl (C=O) groups is 1. The summed E-state index contributed by atoms with van der Waals surface area (Å²) in [4.78, 5) is 18.2. The highest BCUT2D eigenvalue weighted by Crippen LogP contribution is 2.36. The van der Waals surface area contributed by atoms with Gasteiger partial charge in [-0.05, 0) is 29.2 Å². The van der Waals surface area contributed by atoms with Crippen LogP contribution in [-0.4, -0.2) is 42.1 Å². The molecule has 2 aromatic carbocycles. The Kier molecular flexibility index (Phi) is 5.44. The summed E-state index contributed by atoms with van der Waals surface area (Å²) >= 11 is 0. The number of aromatic nitrogens is 1. The number of H-pyrrole nitrogens is 1. The lowest BCUT2D eigenvalue weighted by Gasteiger charge is -2.28. The predicted molar refractivity (Wildman–Crippen MR) is 108 cm³/mol. The summed E-state index contributed by atoms with van der Waals surface area (Å²) in [5.41, 5.74) is 3.82. The Labute approximate surface area is 164 Å². The normalized spacial score (nSPS) is 15.7. The van der Waals surface area contributed by atoms with E-state index in [2.05, 4.69) is 18.0 Å². The second kappa shape index (κ2) is 8.15. The number of rotatable bonds is 5. The zero-order valence-electron chi connectivity index (χ0n) is 16.1. The van der Waals surface area contributed by atoms with Crippen molar-refractivity contribution in [3.8, 4) is 0 Å². The van der Waals surface area contributed by atoms with Crippen LogP contribution in [-0.2, 0) is 16.0 Å². The second-order valence-corrected chi connectivity index (χ2v) is 7.21. The largest absolute Gasteiger partial charge is 0.378 e. The third-order valence-electron chi connectivity index (χ3n) is 5.61. The number of aromatic amines is 1. The zero-order chi connectivity index (χ0) is 19.5. The molecule has 1 amide bonds. The monoisotopic (exact) mass is 380 g/mol. The Morgan fingerprint density at radius 3 is 2.68 bits per heavy atom. The number of nitrogens with zero attached hydrogens (tertiary/aromatic N) is 1. The van der Waals surface area contributed by atoms with Crippen LogP contribution in [0.3, 0.4) is 0 Å². The molecule has 1 aliphatic rings. The highest BCUT2D eigenvalue weighted by atomic mass is 19.1. The number of carbonyl (C=O) groups excluding carboxylic acids is 1. The number of morpholine rings is 1. The van der Waals surface area contributed by atoms with Gasteiger partial charge in [-0.3, -0.25) is 4.79 Å². The fourth-order valence-corrected chi connectivity index (χ4v) is 4.08. The summed E-state index contributed by atoms with van der Waals surface area (Å²) in [6, 6.07) is 12.9. The van der Waals surface area contributed by atoms with Gasteiger partial charge in [0.1, 0.15) is 5.82 Å². The van der Waals surface area contributed by atoms with E-state index in [1.165, 1.54) is 11.6 Å². The molecule has 0 saturated carbocycles. The van der Waals surface area contributed by atoms with Crippen molar-refractivity contribution in [1.82, 2.24) is 9.88 Å². The molecule has 2 heterocycles. The van der Waals surface area contributed by atoms with Crippen molar-refractivity contribution < 1.29 is 13.9 Å². The Morgan fingerprint density at radius 2 is 1.93 bits per heavy atom. The van der Waals surface area contributed by atoms with Crippen molar-refractivity contribution in [2.45, 2.75) is 25.7 Å². The van der Waals surface area contributed by atoms with E-state index in [0.29, 0.717) is 31.9 Å². The summed E-state index contributed by atoms with van der Waals surface area (Å²) in [6.45, 7) is 4.42. The molecule has 1 aromatic heterocycles. The molecule has 0 spiro atoms. The van der Waals surface area contributed by atoms with Gasteiger partial charge >= 0.3 is 0 Å². The van der Waals surface area contributed by atoms with E-state index in [0.717, 1.165) is 22.9 Å². The number of fused-ring (bicyclic) bond motifs is 1. The third-order valence-corrected chi connectivity index (χ3v) is 5.61. The molecule has 1 aliphatic heterocycles. The summed E-state index contributed by atoms with van der Waals surface area (Å²) < 4.78 is 20.1. The molecular weight excluding hydrogens is 355 g/mol. The molecule has 4 rings (SSSR count). The number of benzene rings is 2. The van der Waals surface area contributed by atoms with E-state index in [4.69, 9.17) is 4.74 Å². The lowest BCUT2D eigenvalue weighted by Crippen LogP contribution is -2.41. The van der Waals surface area contributed by atoms with Crippen LogP contribution in [0.1, 0.15) is 36.0 Å². The Bertz CT molecular complexity index is 976. The van der Waals surface area contributed by atoms with Crippen LogP contribution < -0.4 is 0 Å². The number of halogens is 1. The van der Waals surface area contributed by atoms with Crippen LogP contribution in [0.25, 0.3) is 10.9 Å². The van der Waals surface area contributed by atoms with Crippen molar-refractivity contribution in [2.75, 3.05) is 26.3 Å². The Hall–Kier alpha value is -2.66. The molecule has 0 bridgehead atoms. The predicted octanol–water partition coefficient (Wildman–Crippen LogP) is 4.25. The summed E-state index contributed by atoms with van der Waals surface area (Å²) in [6.07, 6.45) is 3.09. The SMILES string of the molecule is CCc1cccc2c(C(CC(=O)N3CCOCC3)c3ccccc3F)c[nH]c12. The van der Waals surface area contributed by atoms with Crippen molar-refractivity contribution in [2.24, 2.45) is 0 Å². The molecular formula is C23H25FN2O2. The van der Waals surface area contributed by atoms with Crippen LogP contribution in [0.4, 0.5) is 4.39 Å². The quantitative estimate of drug-likeness (QED) is 0.719. The maximum atomic E-state index is 14.7. The van der Waals surface area contributed by atoms with Gasteiger partial charge in [0.25, 0.3) is 0 Å². The smallest absolute Gasteiger partial charge is 0.223 e. The molecule has 0 radical (unpaired) electrons. The minimum atomic E-state index is -0.336. The van der Waals surface area contributed by atoms with Gasteiger partial charge in [-0.2, -0.15) is 0 Å². The Balaban J connectivity index is 1.75. The van der Waals surface area contributed by atoms with E-state index in [1.54, 1.807) is 12.1 Å². The average molecular weight is 380 g/mol. The molecule has 28 heavy (non-hydrogen) atoms. The molecule has 0 aliphatic carbocycles. The number of ether oxygens (including phenoxy) is 1. The molecule has 1 N–H and O–H groups in total. The van der Waals surface area contributed by atoms with Gasteiger partial charge in [0.2, 0.25) is 5.91 Å². The first kappa shape index (κ1) is 18.7. The number of hydrogen-bond donors (Lipinski definition) is 1. The first-order valence-electron chi connectivity index (χ1n) is 9.88. The van der Waals surface area contributed by atoms with Gasteiger partial charge in [0.05, 0.1) is 13.2 Å². The summed E-state index contributed by atoms with van der Waals surface area (Å²) in [5, 5.41) is 1.06. The maximum Gasteiger partial charge on any atom is 0.223 e. The van der Waals surface area contributed by atoms with Crippen molar-refractivity contribution in [1.29, 1.82) is 0 Å². The lowest BCUT2D eigenvalue weighted by molar-refractivity contribution is -0.135. The van der Waals surface area contributed by atoms with Gasteiger partial charge in [-0.1, -0.05) is 43.3 Å². The van der Waals surface area contributed by atoms with Gasteiger partial charge in [-0.15, -0.1) is 0 Å². The van der Waals surface area contributed by atoms with Crippen molar-refractivity contribution in [3.63, 3.8) is 0 Å². The van der Waals surface area contributed by atoms with Gasteiger partial charge in [0.15, 0.2) is 0 Å². The minimum Gasteiger partial charge on any atom is -0.378 e. The van der Waals surface area contributed by atoms with Crippen LogP contribution in [0, 0.1) is 5.82 Å². The fraction of sp³-hybridized carbons (Fsp3) is 0.348. The summed E-state index contributed by atoms with van der Waals surface area (Å²) in [5.74, 6) is -0.571. The molecule has 1 saturated heterocycles. The highest BCUT2D eigenvalue weighted by Gasteiger charge is 2.27. The fourth-order valence-electron chi connectivity index (χ4n) is 4.08. The number of amides is 1. The topological polar surface area (TPSA) is 45.3 Å². The Morgan fingerprint density at radius 1 is 1.14 bits per heavy atom. The number of para-hydroxylation sites is 1. The van der Waals surface area contributed by atoms with Crippen LogP contribution in [0.15, 0.2) is 48.7 Å². The third kappa shape index (κ3) is 3.54. The second-order valence-electron chi connectivity index (χ2n) is 7.21. The van der Waals surface area contributed by atoms with Crippen LogP contribution in [0.5, 0.6) is 0 Å². The number of hydrogen-bond acceptors (Lipinski definition) is 2. The highest BCUT2D eigenvalue weighted by molar-refractivity contribution is 5.88. The van der Waals surface area contributed by atoms with Crippen LogP contribution >= 0.6 is 0 Å². The van der Waals surface area contributed by atoms with E-state index in [-0.39, 0.29) is 24.1 Å². The zero-order valence-corrected chi connectivity index (χ0v) is 16.1. The van der Waals surface area contributed by atoms with E-state index in [1.807, 2.05) is 29.3 Å². The molecule has 146 valence electrons. The number of nitrogens with one attached hydrogen (secondary N) is 1. The number of aryl methyl sites for hydroxylation is 1. The van der Waals surface area contributed by atoms with Gasteiger partial charge in [-0.25, -0.2) is 4.39 Å². The van der Waals surface area contributed by atoms with E-state index >= 15 is 0 Å². The van der Waals surface area contributed by atoms with Crippen LogP contribution in [0.2, 0.25) is 0 Å². The summed E-state index contributed by atoms with van der Waals surface area (Å²) in [7, 11) is 0. The van der Waals surface area contributed by atoms with E-state index < -0.39 is 0 Å².